The lowest BCUT2D eigenvalue weighted by molar-refractivity contribution is 0.319. The summed E-state index contributed by atoms with van der Waals surface area (Å²) < 4.78 is 5.58. The minimum Gasteiger partial charge on any atom is -0.493 e. The van der Waals surface area contributed by atoms with Crippen molar-refractivity contribution in [2.75, 3.05) is 6.61 Å². The fourth-order valence-electron chi connectivity index (χ4n) is 1.16. The molecule has 0 unspecified atom stereocenters. The predicted octanol–water partition coefficient (Wildman–Crippen LogP) is 3.21. The summed E-state index contributed by atoms with van der Waals surface area (Å²) in [6.45, 7) is 8.37. The van der Waals surface area contributed by atoms with E-state index in [1.165, 1.54) is 0 Å². The number of hydrogen-bond donors (Lipinski definition) is 0. The summed E-state index contributed by atoms with van der Waals surface area (Å²) in [5.74, 6) is 0.787. The van der Waals surface area contributed by atoms with Crippen LogP contribution in [0.4, 0.5) is 0 Å². The Bertz CT molecular complexity index is 401. The van der Waals surface area contributed by atoms with Crippen molar-refractivity contribution >= 4 is 0 Å². The zero-order chi connectivity index (χ0) is 11.3. The number of hydrogen-bond acceptors (Lipinski definition) is 2. The van der Waals surface area contributed by atoms with Crippen molar-refractivity contribution in [3.8, 4) is 11.8 Å². The molecule has 1 rings (SSSR count). The summed E-state index contributed by atoms with van der Waals surface area (Å²) in [6, 6.07) is 7.56. The predicted molar refractivity (Wildman–Crippen MR) is 60.8 cm³/mol. The van der Waals surface area contributed by atoms with Crippen LogP contribution in [0.15, 0.2) is 30.4 Å². The third-order valence-electron chi connectivity index (χ3n) is 2.10. The number of nitriles is 1. The molecule has 15 heavy (non-hydrogen) atoms. The minimum atomic E-state index is 0.616. The molecule has 0 amide bonds. The molecule has 0 saturated heterocycles. The van der Waals surface area contributed by atoms with Crippen LogP contribution in [0.1, 0.15) is 24.5 Å². The molecular formula is C13H15NO. The van der Waals surface area contributed by atoms with Crippen LogP contribution in [0, 0.1) is 18.3 Å². The maximum atomic E-state index is 8.75. The van der Waals surface area contributed by atoms with Gasteiger partial charge in [0, 0.05) is 6.42 Å². The molecule has 1 aromatic carbocycles. The molecular weight excluding hydrogens is 186 g/mol. The number of aryl methyl sites for hydroxylation is 1. The van der Waals surface area contributed by atoms with Crippen LogP contribution in [-0.2, 0) is 0 Å². The zero-order valence-corrected chi connectivity index (χ0v) is 9.21. The summed E-state index contributed by atoms with van der Waals surface area (Å²) in [6.07, 6.45) is 0.843. The molecule has 0 aliphatic carbocycles. The lowest BCUT2D eigenvalue weighted by Gasteiger charge is -2.08. The van der Waals surface area contributed by atoms with Gasteiger partial charge in [0.2, 0.25) is 0 Å². The first-order valence-corrected chi connectivity index (χ1v) is 4.91. The van der Waals surface area contributed by atoms with Crippen LogP contribution >= 0.6 is 0 Å². The lowest BCUT2D eigenvalue weighted by atomic mass is 10.1. The van der Waals surface area contributed by atoms with Crippen molar-refractivity contribution in [3.63, 3.8) is 0 Å². The molecule has 0 bridgehead atoms. The van der Waals surface area contributed by atoms with E-state index in [4.69, 9.17) is 10.00 Å². The van der Waals surface area contributed by atoms with Gasteiger partial charge < -0.3 is 4.74 Å². The zero-order valence-electron chi connectivity index (χ0n) is 9.21. The second-order valence-corrected chi connectivity index (χ2v) is 3.65. The average Bonchev–Trinajstić information content (AvgIpc) is 2.20. The van der Waals surface area contributed by atoms with E-state index in [1.54, 1.807) is 12.1 Å². The van der Waals surface area contributed by atoms with E-state index >= 15 is 0 Å². The van der Waals surface area contributed by atoms with Crippen molar-refractivity contribution in [3.05, 3.63) is 41.5 Å². The Balaban J connectivity index is 2.68. The number of benzene rings is 1. The molecule has 0 radical (unpaired) electrons. The molecule has 0 heterocycles. The van der Waals surface area contributed by atoms with Crippen LogP contribution in [0.5, 0.6) is 5.75 Å². The van der Waals surface area contributed by atoms with Gasteiger partial charge in [0.05, 0.1) is 18.2 Å². The quantitative estimate of drug-likeness (QED) is 0.701. The highest BCUT2D eigenvalue weighted by Crippen LogP contribution is 2.19. The van der Waals surface area contributed by atoms with Crippen LogP contribution in [0.2, 0.25) is 0 Å². The maximum Gasteiger partial charge on any atom is 0.123 e. The van der Waals surface area contributed by atoms with Gasteiger partial charge in [0.15, 0.2) is 0 Å². The molecule has 0 fully saturated rings. The van der Waals surface area contributed by atoms with E-state index in [0.717, 1.165) is 23.3 Å². The van der Waals surface area contributed by atoms with Gasteiger partial charge in [-0.05, 0) is 31.5 Å². The number of nitrogens with zero attached hydrogens (tertiary/aromatic N) is 1. The molecule has 0 spiro atoms. The molecule has 78 valence electrons. The van der Waals surface area contributed by atoms with Gasteiger partial charge in [-0.1, -0.05) is 11.6 Å². The number of ether oxygens (including phenoxy) is 1. The van der Waals surface area contributed by atoms with E-state index in [-0.39, 0.29) is 0 Å². The Hall–Kier alpha value is -1.75. The monoisotopic (exact) mass is 201 g/mol. The van der Waals surface area contributed by atoms with Crippen molar-refractivity contribution < 1.29 is 4.74 Å². The minimum absolute atomic E-state index is 0.616. The molecule has 2 nitrogen and oxygen atoms in total. The Morgan fingerprint density at radius 2 is 2.27 bits per heavy atom. The summed E-state index contributed by atoms with van der Waals surface area (Å²) in [5.41, 5.74) is 2.78. The third kappa shape index (κ3) is 3.47. The first kappa shape index (κ1) is 11.3. The average molecular weight is 201 g/mol. The second kappa shape index (κ2) is 5.21. The first-order valence-electron chi connectivity index (χ1n) is 4.91. The first-order chi connectivity index (χ1) is 7.13. The molecule has 0 aliphatic rings. The van der Waals surface area contributed by atoms with Crippen LogP contribution < -0.4 is 4.74 Å². The normalized spacial score (nSPS) is 9.40. The summed E-state index contributed by atoms with van der Waals surface area (Å²) >= 11 is 0. The fourth-order valence-corrected chi connectivity index (χ4v) is 1.16. The van der Waals surface area contributed by atoms with Crippen molar-refractivity contribution in [1.29, 1.82) is 5.26 Å². The SMILES string of the molecule is C=C(C)CCOc1cc(C#N)ccc1C. The molecule has 0 atom stereocenters. The summed E-state index contributed by atoms with van der Waals surface area (Å²) in [5, 5.41) is 8.75. The van der Waals surface area contributed by atoms with E-state index in [0.29, 0.717) is 12.2 Å². The molecule has 0 aliphatic heterocycles. The smallest absolute Gasteiger partial charge is 0.123 e. The Kier molecular flexibility index (Phi) is 3.93. The second-order valence-electron chi connectivity index (χ2n) is 3.65. The van der Waals surface area contributed by atoms with Gasteiger partial charge in [-0.15, -0.1) is 6.58 Å². The van der Waals surface area contributed by atoms with Crippen LogP contribution in [0.25, 0.3) is 0 Å². The fraction of sp³-hybridized carbons (Fsp3) is 0.308. The largest absolute Gasteiger partial charge is 0.493 e. The number of rotatable bonds is 4. The van der Waals surface area contributed by atoms with E-state index in [9.17, 15) is 0 Å². The highest BCUT2D eigenvalue weighted by atomic mass is 16.5. The Morgan fingerprint density at radius 1 is 1.53 bits per heavy atom. The van der Waals surface area contributed by atoms with Gasteiger partial charge >= 0.3 is 0 Å². The Labute approximate surface area is 90.8 Å². The highest BCUT2D eigenvalue weighted by molar-refractivity contribution is 5.41. The summed E-state index contributed by atoms with van der Waals surface area (Å²) in [7, 11) is 0. The van der Waals surface area contributed by atoms with Crippen LogP contribution in [0.3, 0.4) is 0 Å². The van der Waals surface area contributed by atoms with Gasteiger partial charge in [-0.3, -0.25) is 0 Å². The van der Waals surface area contributed by atoms with Crippen molar-refractivity contribution in [2.24, 2.45) is 0 Å². The molecule has 2 heteroatoms. The maximum absolute atomic E-state index is 8.75. The molecule has 0 saturated carbocycles. The third-order valence-corrected chi connectivity index (χ3v) is 2.10. The molecule has 0 aromatic heterocycles. The lowest BCUT2D eigenvalue weighted by Crippen LogP contribution is -1.99. The van der Waals surface area contributed by atoms with Gasteiger partial charge in [0.25, 0.3) is 0 Å². The van der Waals surface area contributed by atoms with Crippen LogP contribution in [-0.4, -0.2) is 6.61 Å². The standard InChI is InChI=1S/C13H15NO/c1-10(2)6-7-15-13-8-12(9-14)5-4-11(13)3/h4-5,8H,1,6-7H2,2-3H3. The van der Waals surface area contributed by atoms with E-state index in [1.807, 2.05) is 19.9 Å². The van der Waals surface area contributed by atoms with Gasteiger partial charge in [-0.2, -0.15) is 5.26 Å². The van der Waals surface area contributed by atoms with Gasteiger partial charge in [0.1, 0.15) is 5.75 Å². The summed E-state index contributed by atoms with van der Waals surface area (Å²) in [4.78, 5) is 0. The van der Waals surface area contributed by atoms with Crippen molar-refractivity contribution in [2.45, 2.75) is 20.3 Å². The highest BCUT2D eigenvalue weighted by Gasteiger charge is 2.01. The Morgan fingerprint density at radius 3 is 2.87 bits per heavy atom. The van der Waals surface area contributed by atoms with Crippen molar-refractivity contribution in [1.82, 2.24) is 0 Å². The van der Waals surface area contributed by atoms with Gasteiger partial charge in [-0.25, -0.2) is 0 Å². The molecule has 1 aromatic rings. The van der Waals surface area contributed by atoms with E-state index < -0.39 is 0 Å². The van der Waals surface area contributed by atoms with E-state index in [2.05, 4.69) is 12.6 Å². The molecule has 0 N–H and O–H groups in total. The topological polar surface area (TPSA) is 33.0 Å².